The average Bonchev–Trinajstić information content (AvgIpc) is 2.81. The van der Waals surface area contributed by atoms with Crippen molar-refractivity contribution in [2.45, 2.75) is 38.3 Å². The zero-order valence-corrected chi connectivity index (χ0v) is 14.7. The third kappa shape index (κ3) is 3.66. The molecule has 2 heterocycles. The fourth-order valence-corrected chi connectivity index (χ4v) is 3.82. The number of fused-ring (bicyclic) bond motifs is 1. The Kier molecular flexibility index (Phi) is 4.98. The lowest BCUT2D eigenvalue weighted by atomic mass is 10.1. The second kappa shape index (κ2) is 7.00. The van der Waals surface area contributed by atoms with Gasteiger partial charge in [-0.3, -0.25) is 0 Å². The number of sulfonamides is 1. The largest absolute Gasteiger partial charge is 0.375 e. The van der Waals surface area contributed by atoms with Gasteiger partial charge in [0.25, 0.3) is 0 Å². The molecule has 0 saturated heterocycles. The van der Waals surface area contributed by atoms with E-state index in [1.165, 1.54) is 0 Å². The van der Waals surface area contributed by atoms with Gasteiger partial charge in [0, 0.05) is 19.0 Å². The molecule has 1 aromatic heterocycles. The molecular weight excluding hydrogens is 328 g/mol. The summed E-state index contributed by atoms with van der Waals surface area (Å²) in [5, 5.41) is 8.14. The standard InChI is InChI=1S/C16H22N4O3S/c1-3-13-4-6-15(7-5-13)24(21,22)17-8-14-9-20-16(11-23-10-14)12(2)18-19-20/h4-7,14,17H,3,8-11H2,1-2H3. The first-order chi connectivity index (χ1) is 11.5. The Morgan fingerprint density at radius 2 is 2.08 bits per heavy atom. The van der Waals surface area contributed by atoms with Gasteiger partial charge in [0.1, 0.15) is 0 Å². The highest BCUT2D eigenvalue weighted by Gasteiger charge is 2.22. The second-order valence-electron chi connectivity index (χ2n) is 6.03. The summed E-state index contributed by atoms with van der Waals surface area (Å²) >= 11 is 0. The van der Waals surface area contributed by atoms with E-state index in [9.17, 15) is 8.42 Å². The van der Waals surface area contributed by atoms with Gasteiger partial charge in [-0.2, -0.15) is 0 Å². The maximum atomic E-state index is 12.4. The molecule has 0 bridgehead atoms. The number of aromatic nitrogens is 3. The van der Waals surface area contributed by atoms with Gasteiger partial charge < -0.3 is 4.74 Å². The Balaban J connectivity index is 1.65. The number of nitrogens with zero attached hydrogens (tertiary/aromatic N) is 3. The molecule has 1 atom stereocenters. The highest BCUT2D eigenvalue weighted by Crippen LogP contribution is 2.16. The summed E-state index contributed by atoms with van der Waals surface area (Å²) in [5.74, 6) is 0.0111. The van der Waals surface area contributed by atoms with E-state index >= 15 is 0 Å². The predicted molar refractivity (Wildman–Crippen MR) is 88.9 cm³/mol. The van der Waals surface area contributed by atoms with E-state index in [-0.39, 0.29) is 10.8 Å². The number of aryl methyl sites for hydroxylation is 2. The van der Waals surface area contributed by atoms with Crippen molar-refractivity contribution in [1.29, 1.82) is 0 Å². The smallest absolute Gasteiger partial charge is 0.240 e. The zero-order valence-electron chi connectivity index (χ0n) is 13.9. The molecule has 1 aliphatic rings. The van der Waals surface area contributed by atoms with Crippen LogP contribution in [0.4, 0.5) is 0 Å². The van der Waals surface area contributed by atoms with Crippen LogP contribution in [0.2, 0.25) is 0 Å². The number of benzene rings is 1. The van der Waals surface area contributed by atoms with Crippen molar-refractivity contribution in [2.24, 2.45) is 5.92 Å². The van der Waals surface area contributed by atoms with Crippen molar-refractivity contribution < 1.29 is 13.2 Å². The Morgan fingerprint density at radius 1 is 1.33 bits per heavy atom. The number of hydrogen-bond donors (Lipinski definition) is 1. The first-order valence-electron chi connectivity index (χ1n) is 8.05. The summed E-state index contributed by atoms with van der Waals surface area (Å²) < 4.78 is 35.0. The molecule has 0 fully saturated rings. The fraction of sp³-hybridized carbons (Fsp3) is 0.500. The van der Waals surface area contributed by atoms with Gasteiger partial charge in [-0.05, 0) is 31.0 Å². The van der Waals surface area contributed by atoms with Crippen LogP contribution in [0.25, 0.3) is 0 Å². The van der Waals surface area contributed by atoms with Gasteiger partial charge in [0.05, 0.1) is 29.5 Å². The van der Waals surface area contributed by atoms with Gasteiger partial charge in [0.15, 0.2) is 0 Å². The summed E-state index contributed by atoms with van der Waals surface area (Å²) in [6, 6.07) is 6.97. The van der Waals surface area contributed by atoms with Crippen molar-refractivity contribution >= 4 is 10.0 Å². The van der Waals surface area contributed by atoms with E-state index in [4.69, 9.17) is 4.74 Å². The van der Waals surface area contributed by atoms with Crippen LogP contribution in [-0.2, 0) is 34.3 Å². The van der Waals surface area contributed by atoms with Crippen LogP contribution in [0, 0.1) is 12.8 Å². The molecule has 0 spiro atoms. The third-order valence-corrected chi connectivity index (χ3v) is 5.70. The van der Waals surface area contributed by atoms with Crippen molar-refractivity contribution in [3.63, 3.8) is 0 Å². The van der Waals surface area contributed by atoms with Crippen LogP contribution in [0.15, 0.2) is 29.2 Å². The quantitative estimate of drug-likeness (QED) is 0.878. The van der Waals surface area contributed by atoms with E-state index in [2.05, 4.69) is 15.0 Å². The highest BCUT2D eigenvalue weighted by molar-refractivity contribution is 7.89. The minimum atomic E-state index is -3.52. The molecule has 3 rings (SSSR count). The number of ether oxygens (including phenoxy) is 1. The number of hydrogen-bond acceptors (Lipinski definition) is 5. The number of rotatable bonds is 5. The molecule has 1 aromatic carbocycles. The summed E-state index contributed by atoms with van der Waals surface area (Å²) in [6.07, 6.45) is 0.882. The summed E-state index contributed by atoms with van der Waals surface area (Å²) in [4.78, 5) is 0.284. The lowest BCUT2D eigenvalue weighted by molar-refractivity contribution is 0.0954. The minimum absolute atomic E-state index is 0.0111. The average molecular weight is 350 g/mol. The Morgan fingerprint density at radius 3 is 2.79 bits per heavy atom. The maximum Gasteiger partial charge on any atom is 0.240 e. The molecule has 1 N–H and O–H groups in total. The van der Waals surface area contributed by atoms with Crippen molar-refractivity contribution in [1.82, 2.24) is 19.7 Å². The third-order valence-electron chi connectivity index (χ3n) is 4.26. The van der Waals surface area contributed by atoms with Gasteiger partial charge in [-0.15, -0.1) is 5.10 Å². The number of nitrogens with one attached hydrogen (secondary N) is 1. The monoisotopic (exact) mass is 350 g/mol. The molecule has 1 aliphatic heterocycles. The van der Waals surface area contributed by atoms with E-state index in [0.717, 1.165) is 23.4 Å². The van der Waals surface area contributed by atoms with E-state index in [1.54, 1.807) is 16.8 Å². The lowest BCUT2D eigenvalue weighted by Crippen LogP contribution is -2.33. The topological polar surface area (TPSA) is 86.1 Å². The summed E-state index contributed by atoms with van der Waals surface area (Å²) in [7, 11) is -3.52. The molecule has 1 unspecified atom stereocenters. The Labute approximate surface area is 142 Å². The SMILES string of the molecule is CCc1ccc(S(=O)(=O)NCC2COCc3c(C)nnn3C2)cc1. The fourth-order valence-electron chi connectivity index (χ4n) is 2.70. The summed E-state index contributed by atoms with van der Waals surface area (Å²) in [6.45, 7) is 5.77. The normalized spacial score (nSPS) is 18.2. The van der Waals surface area contributed by atoms with Gasteiger partial charge in [-0.25, -0.2) is 17.8 Å². The van der Waals surface area contributed by atoms with E-state index < -0.39 is 10.0 Å². The Bertz CT molecular complexity index is 799. The molecule has 0 saturated carbocycles. The van der Waals surface area contributed by atoms with Gasteiger partial charge in [0.2, 0.25) is 10.0 Å². The molecule has 24 heavy (non-hydrogen) atoms. The maximum absolute atomic E-state index is 12.4. The van der Waals surface area contributed by atoms with Crippen molar-refractivity contribution in [3.8, 4) is 0 Å². The van der Waals surface area contributed by atoms with E-state index in [0.29, 0.717) is 26.3 Å². The van der Waals surface area contributed by atoms with Crippen LogP contribution in [0.3, 0.4) is 0 Å². The highest BCUT2D eigenvalue weighted by atomic mass is 32.2. The van der Waals surface area contributed by atoms with Crippen LogP contribution in [0.5, 0.6) is 0 Å². The second-order valence-corrected chi connectivity index (χ2v) is 7.80. The molecule has 7 nitrogen and oxygen atoms in total. The molecule has 2 aromatic rings. The van der Waals surface area contributed by atoms with Crippen LogP contribution >= 0.6 is 0 Å². The predicted octanol–water partition coefficient (Wildman–Crippen LogP) is 1.27. The Hall–Kier alpha value is -1.77. The van der Waals surface area contributed by atoms with Crippen LogP contribution in [0.1, 0.15) is 23.9 Å². The first kappa shape index (κ1) is 17.1. The summed E-state index contributed by atoms with van der Waals surface area (Å²) in [5.41, 5.74) is 2.92. The molecule has 0 aliphatic carbocycles. The molecule has 130 valence electrons. The first-order valence-corrected chi connectivity index (χ1v) is 9.53. The lowest BCUT2D eigenvalue weighted by Gasteiger charge is -2.15. The van der Waals surface area contributed by atoms with Crippen LogP contribution in [-0.4, -0.2) is 36.6 Å². The molecule has 0 radical (unpaired) electrons. The molecule has 8 heteroatoms. The van der Waals surface area contributed by atoms with Gasteiger partial charge >= 0.3 is 0 Å². The van der Waals surface area contributed by atoms with Crippen molar-refractivity contribution in [3.05, 3.63) is 41.2 Å². The minimum Gasteiger partial charge on any atom is -0.375 e. The molecular formula is C16H22N4O3S. The molecule has 0 amide bonds. The van der Waals surface area contributed by atoms with Gasteiger partial charge in [-0.1, -0.05) is 24.3 Å². The van der Waals surface area contributed by atoms with E-state index in [1.807, 2.05) is 26.0 Å². The van der Waals surface area contributed by atoms with Crippen molar-refractivity contribution in [2.75, 3.05) is 13.2 Å². The zero-order chi connectivity index (χ0) is 17.2. The van der Waals surface area contributed by atoms with Crippen LogP contribution < -0.4 is 4.72 Å².